The van der Waals surface area contributed by atoms with Crippen molar-refractivity contribution in [3.8, 4) is 11.5 Å². The summed E-state index contributed by atoms with van der Waals surface area (Å²) in [5, 5.41) is 12.0. The summed E-state index contributed by atoms with van der Waals surface area (Å²) >= 11 is 0. The molecular formula is C17H23NO5. The number of carbonyl (C=O) groups is 2. The molecule has 6 heteroatoms. The Morgan fingerprint density at radius 2 is 1.87 bits per heavy atom. The summed E-state index contributed by atoms with van der Waals surface area (Å²) < 4.78 is 10.4. The number of hydrogen-bond acceptors (Lipinski definition) is 4. The Morgan fingerprint density at radius 1 is 1.22 bits per heavy atom. The second-order valence-electron chi connectivity index (χ2n) is 5.75. The third-order valence-corrected chi connectivity index (χ3v) is 4.23. The minimum Gasteiger partial charge on any atom is -0.493 e. The number of rotatable bonds is 7. The first kappa shape index (κ1) is 17.1. The molecule has 2 N–H and O–H groups in total. The molecule has 1 aromatic rings. The average molecular weight is 321 g/mol. The van der Waals surface area contributed by atoms with Gasteiger partial charge in [0.15, 0.2) is 11.5 Å². The number of hydrogen-bond donors (Lipinski definition) is 2. The molecule has 0 radical (unpaired) electrons. The van der Waals surface area contributed by atoms with Gasteiger partial charge in [-0.25, -0.2) is 0 Å². The molecular weight excluding hydrogens is 298 g/mol. The Kier molecular flexibility index (Phi) is 5.84. The van der Waals surface area contributed by atoms with E-state index in [0.717, 1.165) is 25.7 Å². The lowest BCUT2D eigenvalue weighted by molar-refractivity contribution is -0.138. The molecule has 2 rings (SSSR count). The summed E-state index contributed by atoms with van der Waals surface area (Å²) in [5.74, 6) is 0.0365. The smallest absolute Gasteiger partial charge is 0.305 e. The van der Waals surface area contributed by atoms with Crippen LogP contribution in [-0.4, -0.2) is 31.2 Å². The van der Waals surface area contributed by atoms with Crippen LogP contribution < -0.4 is 14.8 Å². The number of methoxy groups -OCH3 is 2. The standard InChI is InChI=1S/C17H23NO5/c1-22-14-8-7-12(9-15(14)23-2)13(10-16(19)20)18-17(21)11-5-3-4-6-11/h7-9,11,13H,3-6,10H2,1-2H3,(H,18,21)(H,19,20). The molecule has 1 atom stereocenters. The Balaban J connectivity index is 2.20. The molecule has 0 saturated heterocycles. The summed E-state index contributed by atoms with van der Waals surface area (Å²) in [6, 6.07) is 4.59. The van der Waals surface area contributed by atoms with E-state index in [4.69, 9.17) is 14.6 Å². The number of nitrogens with one attached hydrogen (secondary N) is 1. The molecule has 126 valence electrons. The monoisotopic (exact) mass is 321 g/mol. The number of carbonyl (C=O) groups excluding carboxylic acids is 1. The fourth-order valence-electron chi connectivity index (χ4n) is 2.97. The minimum atomic E-state index is -0.962. The summed E-state index contributed by atoms with van der Waals surface area (Å²) in [5.41, 5.74) is 0.691. The number of benzene rings is 1. The van der Waals surface area contributed by atoms with E-state index in [0.29, 0.717) is 17.1 Å². The van der Waals surface area contributed by atoms with Crippen LogP contribution in [0, 0.1) is 5.92 Å². The normalized spacial score (nSPS) is 15.9. The van der Waals surface area contributed by atoms with E-state index in [9.17, 15) is 9.59 Å². The topological polar surface area (TPSA) is 84.9 Å². The molecule has 0 aromatic heterocycles. The van der Waals surface area contributed by atoms with Crippen LogP contribution in [0.3, 0.4) is 0 Å². The minimum absolute atomic E-state index is 0.00793. The quantitative estimate of drug-likeness (QED) is 0.806. The molecule has 1 unspecified atom stereocenters. The summed E-state index contributed by atoms with van der Waals surface area (Å²) in [6.07, 6.45) is 3.68. The maximum Gasteiger partial charge on any atom is 0.305 e. The predicted octanol–water partition coefficient (Wildman–Crippen LogP) is 2.53. The summed E-state index contributed by atoms with van der Waals surface area (Å²) in [6.45, 7) is 0. The van der Waals surface area contributed by atoms with Crippen molar-refractivity contribution < 1.29 is 24.2 Å². The van der Waals surface area contributed by atoms with Crippen LogP contribution >= 0.6 is 0 Å². The first-order valence-electron chi connectivity index (χ1n) is 7.79. The summed E-state index contributed by atoms with van der Waals surface area (Å²) in [7, 11) is 3.05. The average Bonchev–Trinajstić information content (AvgIpc) is 3.07. The molecule has 0 spiro atoms. The molecule has 1 aliphatic carbocycles. The van der Waals surface area contributed by atoms with E-state index in [-0.39, 0.29) is 18.2 Å². The van der Waals surface area contributed by atoms with E-state index < -0.39 is 12.0 Å². The zero-order valence-electron chi connectivity index (χ0n) is 13.5. The number of carboxylic acid groups (broad SMARTS) is 1. The number of aliphatic carboxylic acids is 1. The van der Waals surface area contributed by atoms with Crippen LogP contribution in [0.2, 0.25) is 0 Å². The van der Waals surface area contributed by atoms with E-state index in [1.54, 1.807) is 18.2 Å². The Bertz CT molecular complexity index is 566. The van der Waals surface area contributed by atoms with Crippen molar-refractivity contribution >= 4 is 11.9 Å². The van der Waals surface area contributed by atoms with Crippen molar-refractivity contribution in [3.63, 3.8) is 0 Å². The van der Waals surface area contributed by atoms with Gasteiger partial charge in [-0.2, -0.15) is 0 Å². The number of ether oxygens (including phenoxy) is 2. The largest absolute Gasteiger partial charge is 0.493 e. The van der Waals surface area contributed by atoms with Gasteiger partial charge >= 0.3 is 5.97 Å². The molecule has 0 bridgehead atoms. The van der Waals surface area contributed by atoms with Gasteiger partial charge in [-0.05, 0) is 30.5 Å². The van der Waals surface area contributed by atoms with Crippen LogP contribution in [-0.2, 0) is 9.59 Å². The Morgan fingerprint density at radius 3 is 2.43 bits per heavy atom. The van der Waals surface area contributed by atoms with Crippen LogP contribution in [0.15, 0.2) is 18.2 Å². The first-order chi connectivity index (χ1) is 11.0. The Hall–Kier alpha value is -2.24. The second kappa shape index (κ2) is 7.85. The van der Waals surface area contributed by atoms with Crippen molar-refractivity contribution in [1.82, 2.24) is 5.32 Å². The van der Waals surface area contributed by atoms with Crippen LogP contribution in [0.1, 0.15) is 43.7 Å². The molecule has 1 aromatic carbocycles. The molecule has 1 aliphatic rings. The zero-order valence-corrected chi connectivity index (χ0v) is 13.5. The van der Waals surface area contributed by atoms with Gasteiger partial charge in [0.05, 0.1) is 26.7 Å². The lowest BCUT2D eigenvalue weighted by Gasteiger charge is -2.21. The maximum absolute atomic E-state index is 12.3. The third kappa shape index (κ3) is 4.37. The fraction of sp³-hybridized carbons (Fsp3) is 0.529. The van der Waals surface area contributed by atoms with Gasteiger partial charge in [0.25, 0.3) is 0 Å². The SMILES string of the molecule is COc1ccc(C(CC(=O)O)NC(=O)C2CCCC2)cc1OC. The molecule has 0 aliphatic heterocycles. The molecule has 0 heterocycles. The van der Waals surface area contributed by atoms with Gasteiger partial charge in [-0.3, -0.25) is 9.59 Å². The highest BCUT2D eigenvalue weighted by Crippen LogP contribution is 2.32. The lowest BCUT2D eigenvalue weighted by Crippen LogP contribution is -2.34. The van der Waals surface area contributed by atoms with E-state index in [1.165, 1.54) is 14.2 Å². The van der Waals surface area contributed by atoms with E-state index >= 15 is 0 Å². The maximum atomic E-state index is 12.3. The van der Waals surface area contributed by atoms with Crippen molar-refractivity contribution in [2.75, 3.05) is 14.2 Å². The van der Waals surface area contributed by atoms with Crippen molar-refractivity contribution in [2.45, 2.75) is 38.1 Å². The molecule has 1 saturated carbocycles. The van der Waals surface area contributed by atoms with E-state index in [2.05, 4.69) is 5.32 Å². The molecule has 23 heavy (non-hydrogen) atoms. The van der Waals surface area contributed by atoms with Gasteiger partial charge in [-0.1, -0.05) is 18.9 Å². The molecule has 1 amide bonds. The molecule has 1 fully saturated rings. The zero-order chi connectivity index (χ0) is 16.8. The van der Waals surface area contributed by atoms with Gasteiger partial charge in [0.1, 0.15) is 0 Å². The molecule has 6 nitrogen and oxygen atoms in total. The number of amides is 1. The van der Waals surface area contributed by atoms with Crippen molar-refractivity contribution in [3.05, 3.63) is 23.8 Å². The van der Waals surface area contributed by atoms with Gasteiger partial charge < -0.3 is 19.9 Å². The van der Waals surface area contributed by atoms with Gasteiger partial charge in [0.2, 0.25) is 5.91 Å². The highest BCUT2D eigenvalue weighted by molar-refractivity contribution is 5.80. The van der Waals surface area contributed by atoms with Gasteiger partial charge in [-0.15, -0.1) is 0 Å². The third-order valence-electron chi connectivity index (χ3n) is 4.23. The highest BCUT2D eigenvalue weighted by Gasteiger charge is 2.26. The van der Waals surface area contributed by atoms with Crippen LogP contribution in [0.25, 0.3) is 0 Å². The lowest BCUT2D eigenvalue weighted by atomic mass is 10.0. The first-order valence-corrected chi connectivity index (χ1v) is 7.79. The van der Waals surface area contributed by atoms with Crippen LogP contribution in [0.5, 0.6) is 11.5 Å². The number of carboxylic acids is 1. The second-order valence-corrected chi connectivity index (χ2v) is 5.75. The van der Waals surface area contributed by atoms with Crippen LogP contribution in [0.4, 0.5) is 0 Å². The van der Waals surface area contributed by atoms with E-state index in [1.807, 2.05) is 0 Å². The predicted molar refractivity (Wildman–Crippen MR) is 84.6 cm³/mol. The fourth-order valence-corrected chi connectivity index (χ4v) is 2.97. The Labute approximate surface area is 135 Å². The van der Waals surface area contributed by atoms with Crippen molar-refractivity contribution in [2.24, 2.45) is 5.92 Å². The van der Waals surface area contributed by atoms with Gasteiger partial charge in [0, 0.05) is 5.92 Å². The van der Waals surface area contributed by atoms with Crippen molar-refractivity contribution in [1.29, 1.82) is 0 Å². The summed E-state index contributed by atoms with van der Waals surface area (Å²) in [4.78, 5) is 23.5. The highest BCUT2D eigenvalue weighted by atomic mass is 16.5.